The predicted octanol–water partition coefficient (Wildman–Crippen LogP) is 2.69. The van der Waals surface area contributed by atoms with E-state index in [0.29, 0.717) is 12.1 Å². The van der Waals surface area contributed by atoms with E-state index in [0.717, 1.165) is 13.0 Å². The summed E-state index contributed by atoms with van der Waals surface area (Å²) in [5, 5.41) is 13.1. The Kier molecular flexibility index (Phi) is 5.07. The average Bonchev–Trinajstić information content (AvgIpc) is 2.44. The number of rotatable bonds is 6. The smallest absolute Gasteiger partial charge is 0.123 e. The highest BCUT2D eigenvalue weighted by molar-refractivity contribution is 5.19. The van der Waals surface area contributed by atoms with Crippen LogP contribution in [0.5, 0.6) is 0 Å². The van der Waals surface area contributed by atoms with Gasteiger partial charge in [0.05, 0.1) is 6.10 Å². The van der Waals surface area contributed by atoms with Gasteiger partial charge in [-0.2, -0.15) is 0 Å². The molecule has 0 unspecified atom stereocenters. The minimum absolute atomic E-state index is 0.319. The quantitative estimate of drug-likeness (QED) is 0.782. The molecule has 0 aliphatic carbocycles. The highest BCUT2D eigenvalue weighted by Gasteiger charge is 2.07. The summed E-state index contributed by atoms with van der Waals surface area (Å²) in [5.41, 5.74) is 1.86. The number of nitrogens with one attached hydrogen (secondary N) is 1. The number of hydrogen-bond acceptors (Lipinski definition) is 2. The fraction of sp³-hybridized carbons (Fsp3) is 0.250. The first-order valence-corrected chi connectivity index (χ1v) is 6.44. The van der Waals surface area contributed by atoms with Gasteiger partial charge in [-0.1, -0.05) is 42.5 Å². The molecule has 0 heterocycles. The molecule has 0 aromatic heterocycles. The Morgan fingerprint density at radius 3 is 2.58 bits per heavy atom. The fourth-order valence-electron chi connectivity index (χ4n) is 1.95. The normalized spacial score (nSPS) is 12.3. The molecule has 0 radical (unpaired) electrons. The Morgan fingerprint density at radius 1 is 1.05 bits per heavy atom. The summed E-state index contributed by atoms with van der Waals surface area (Å²) in [6.07, 6.45) is 0.239. The largest absolute Gasteiger partial charge is 0.387 e. The Bertz CT molecular complexity index is 501. The molecular formula is C16H18FNO. The zero-order valence-corrected chi connectivity index (χ0v) is 10.7. The SMILES string of the molecule is O[C@@H](CNCCc1ccccc1)c1cccc(F)c1. The van der Waals surface area contributed by atoms with Crippen molar-refractivity contribution in [3.05, 3.63) is 71.5 Å². The first-order chi connectivity index (χ1) is 9.25. The summed E-state index contributed by atoms with van der Waals surface area (Å²) < 4.78 is 13.0. The van der Waals surface area contributed by atoms with Gasteiger partial charge in [-0.25, -0.2) is 4.39 Å². The minimum Gasteiger partial charge on any atom is -0.387 e. The maximum Gasteiger partial charge on any atom is 0.123 e. The second-order valence-electron chi connectivity index (χ2n) is 4.51. The minimum atomic E-state index is -0.675. The molecule has 2 N–H and O–H groups in total. The van der Waals surface area contributed by atoms with Crippen molar-refractivity contribution in [2.24, 2.45) is 0 Å². The Morgan fingerprint density at radius 2 is 1.84 bits per heavy atom. The third-order valence-corrected chi connectivity index (χ3v) is 3.00. The molecule has 0 spiro atoms. The third-order valence-electron chi connectivity index (χ3n) is 3.00. The van der Waals surface area contributed by atoms with Crippen LogP contribution < -0.4 is 5.32 Å². The van der Waals surface area contributed by atoms with E-state index in [1.165, 1.54) is 17.7 Å². The molecule has 2 nitrogen and oxygen atoms in total. The number of aliphatic hydroxyl groups is 1. The number of aliphatic hydroxyl groups excluding tert-OH is 1. The number of benzene rings is 2. The van der Waals surface area contributed by atoms with E-state index in [4.69, 9.17) is 0 Å². The molecule has 0 aliphatic heterocycles. The van der Waals surface area contributed by atoms with Gasteiger partial charge in [-0.05, 0) is 36.2 Å². The van der Waals surface area contributed by atoms with E-state index in [2.05, 4.69) is 17.4 Å². The van der Waals surface area contributed by atoms with Crippen LogP contribution in [-0.4, -0.2) is 18.2 Å². The van der Waals surface area contributed by atoms with Gasteiger partial charge >= 0.3 is 0 Å². The Hall–Kier alpha value is -1.71. The maximum absolute atomic E-state index is 13.0. The van der Waals surface area contributed by atoms with Crippen molar-refractivity contribution in [1.29, 1.82) is 0 Å². The Balaban J connectivity index is 1.74. The Labute approximate surface area is 112 Å². The van der Waals surface area contributed by atoms with Crippen LogP contribution in [0.15, 0.2) is 54.6 Å². The fourth-order valence-corrected chi connectivity index (χ4v) is 1.95. The van der Waals surface area contributed by atoms with Crippen molar-refractivity contribution >= 4 is 0 Å². The summed E-state index contributed by atoms with van der Waals surface area (Å²) in [6.45, 7) is 1.21. The van der Waals surface area contributed by atoms with Crippen molar-refractivity contribution in [2.75, 3.05) is 13.1 Å². The number of hydrogen-bond donors (Lipinski definition) is 2. The second kappa shape index (κ2) is 7.02. The van der Waals surface area contributed by atoms with E-state index in [1.807, 2.05) is 18.2 Å². The molecule has 1 atom stereocenters. The summed E-state index contributed by atoms with van der Waals surface area (Å²) in [5.74, 6) is -0.319. The average molecular weight is 259 g/mol. The van der Waals surface area contributed by atoms with Crippen molar-refractivity contribution in [1.82, 2.24) is 5.32 Å². The zero-order valence-electron chi connectivity index (χ0n) is 10.7. The van der Waals surface area contributed by atoms with Crippen LogP contribution in [0, 0.1) is 5.82 Å². The summed E-state index contributed by atoms with van der Waals surface area (Å²) >= 11 is 0. The van der Waals surface area contributed by atoms with Crippen LogP contribution in [0.2, 0.25) is 0 Å². The second-order valence-corrected chi connectivity index (χ2v) is 4.51. The van der Waals surface area contributed by atoms with E-state index in [-0.39, 0.29) is 5.82 Å². The van der Waals surface area contributed by atoms with Gasteiger partial charge in [0.25, 0.3) is 0 Å². The van der Waals surface area contributed by atoms with Crippen LogP contribution in [0.25, 0.3) is 0 Å². The van der Waals surface area contributed by atoms with Gasteiger partial charge in [-0.15, -0.1) is 0 Å². The monoisotopic (exact) mass is 259 g/mol. The standard InChI is InChI=1S/C16H18FNO/c17-15-8-4-7-14(11-15)16(19)12-18-10-9-13-5-2-1-3-6-13/h1-8,11,16,18-19H,9-10,12H2/t16-/m0/s1. The summed E-state index contributed by atoms with van der Waals surface area (Å²) in [7, 11) is 0. The molecule has 0 fully saturated rings. The van der Waals surface area contributed by atoms with Crippen LogP contribution >= 0.6 is 0 Å². The van der Waals surface area contributed by atoms with Gasteiger partial charge in [0.2, 0.25) is 0 Å². The molecule has 0 bridgehead atoms. The zero-order chi connectivity index (χ0) is 13.5. The highest BCUT2D eigenvalue weighted by Crippen LogP contribution is 2.12. The van der Waals surface area contributed by atoms with E-state index >= 15 is 0 Å². The van der Waals surface area contributed by atoms with Crippen LogP contribution in [0.3, 0.4) is 0 Å². The maximum atomic E-state index is 13.0. The number of halogens is 1. The lowest BCUT2D eigenvalue weighted by Gasteiger charge is -2.12. The van der Waals surface area contributed by atoms with Crippen molar-refractivity contribution in [2.45, 2.75) is 12.5 Å². The van der Waals surface area contributed by atoms with Gasteiger partial charge in [0.15, 0.2) is 0 Å². The molecule has 100 valence electrons. The predicted molar refractivity (Wildman–Crippen MR) is 74.4 cm³/mol. The molecule has 0 saturated carbocycles. The van der Waals surface area contributed by atoms with Crippen LogP contribution in [0.1, 0.15) is 17.2 Å². The van der Waals surface area contributed by atoms with E-state index in [1.54, 1.807) is 12.1 Å². The third kappa shape index (κ3) is 4.47. The van der Waals surface area contributed by atoms with Crippen LogP contribution in [-0.2, 0) is 6.42 Å². The molecular weight excluding hydrogens is 241 g/mol. The molecule has 0 saturated heterocycles. The van der Waals surface area contributed by atoms with Crippen LogP contribution in [0.4, 0.5) is 4.39 Å². The van der Waals surface area contributed by atoms with Gasteiger partial charge in [0, 0.05) is 6.54 Å². The summed E-state index contributed by atoms with van der Waals surface area (Å²) in [4.78, 5) is 0. The van der Waals surface area contributed by atoms with Crippen molar-refractivity contribution < 1.29 is 9.50 Å². The van der Waals surface area contributed by atoms with Crippen molar-refractivity contribution in [3.63, 3.8) is 0 Å². The topological polar surface area (TPSA) is 32.3 Å². The lowest BCUT2D eigenvalue weighted by atomic mass is 10.1. The molecule has 3 heteroatoms. The lowest BCUT2D eigenvalue weighted by Crippen LogP contribution is -2.23. The highest BCUT2D eigenvalue weighted by atomic mass is 19.1. The van der Waals surface area contributed by atoms with Gasteiger partial charge in [-0.3, -0.25) is 0 Å². The molecule has 2 aromatic carbocycles. The molecule has 0 amide bonds. The van der Waals surface area contributed by atoms with Crippen molar-refractivity contribution in [3.8, 4) is 0 Å². The van der Waals surface area contributed by atoms with E-state index < -0.39 is 6.10 Å². The summed E-state index contributed by atoms with van der Waals surface area (Å²) in [6, 6.07) is 16.2. The van der Waals surface area contributed by atoms with Gasteiger partial charge < -0.3 is 10.4 Å². The first-order valence-electron chi connectivity index (χ1n) is 6.44. The molecule has 2 rings (SSSR count). The molecule has 0 aliphatic rings. The molecule has 2 aromatic rings. The first kappa shape index (κ1) is 13.7. The van der Waals surface area contributed by atoms with E-state index in [9.17, 15) is 9.50 Å². The van der Waals surface area contributed by atoms with Gasteiger partial charge in [0.1, 0.15) is 5.82 Å². The lowest BCUT2D eigenvalue weighted by molar-refractivity contribution is 0.174. The molecule has 19 heavy (non-hydrogen) atoms.